The quantitative estimate of drug-likeness (QED) is 0.436. The molecule has 7 heteroatoms. The molecule has 1 unspecified atom stereocenters. The molecule has 1 saturated heterocycles. The molecule has 1 atom stereocenters. The summed E-state index contributed by atoms with van der Waals surface area (Å²) in [6.07, 6.45) is 3.73. The lowest BCUT2D eigenvalue weighted by Crippen LogP contribution is -2.29. The number of nitriles is 1. The van der Waals surface area contributed by atoms with Crippen LogP contribution in [0.2, 0.25) is 0 Å². The molecule has 6 rings (SSSR count). The molecule has 2 fully saturated rings. The lowest BCUT2D eigenvalue weighted by Gasteiger charge is -2.21. The van der Waals surface area contributed by atoms with E-state index in [0.717, 1.165) is 23.2 Å². The smallest absolute Gasteiger partial charge is 0.341 e. The topological polar surface area (TPSA) is 101 Å². The van der Waals surface area contributed by atoms with Crippen LogP contribution in [-0.2, 0) is 22.4 Å². The lowest BCUT2D eigenvalue weighted by atomic mass is 9.85. The molecule has 2 aliphatic heterocycles. The molecule has 7 nitrogen and oxygen atoms in total. The molecule has 3 heterocycles. The molecular weight excluding hydrogens is 442 g/mol. The number of benzene rings is 2. The van der Waals surface area contributed by atoms with Crippen LogP contribution in [0.15, 0.2) is 60.8 Å². The minimum atomic E-state index is -0.685. The van der Waals surface area contributed by atoms with Gasteiger partial charge in [-0.05, 0) is 60.8 Å². The van der Waals surface area contributed by atoms with E-state index in [2.05, 4.69) is 16.4 Å². The van der Waals surface area contributed by atoms with Crippen molar-refractivity contribution in [3.63, 3.8) is 0 Å². The van der Waals surface area contributed by atoms with Crippen LogP contribution in [0.25, 0.3) is 0 Å². The molecule has 1 saturated carbocycles. The third-order valence-electron chi connectivity index (χ3n) is 7.35. The first kappa shape index (κ1) is 21.5. The number of hydrogen-bond donors (Lipinski definition) is 1. The number of ether oxygens (including phenoxy) is 2. The number of nitrogens with one attached hydrogen (secondary N) is 1. The number of nitrogens with zero attached hydrogens (tertiary/aromatic N) is 2. The van der Waals surface area contributed by atoms with Crippen LogP contribution in [0, 0.1) is 11.3 Å². The Labute approximate surface area is 202 Å². The number of aromatic nitrogens is 1. The van der Waals surface area contributed by atoms with Crippen molar-refractivity contribution in [2.24, 2.45) is 0 Å². The van der Waals surface area contributed by atoms with Crippen molar-refractivity contribution in [2.45, 2.75) is 36.9 Å². The highest BCUT2D eigenvalue weighted by atomic mass is 16.6. The fourth-order valence-electron chi connectivity index (χ4n) is 5.20. The number of carbonyl (C=O) groups is 2. The van der Waals surface area contributed by atoms with Gasteiger partial charge in [-0.1, -0.05) is 24.3 Å². The van der Waals surface area contributed by atoms with Crippen molar-refractivity contribution < 1.29 is 19.1 Å². The highest BCUT2D eigenvalue weighted by Crippen LogP contribution is 2.52. The summed E-state index contributed by atoms with van der Waals surface area (Å²) >= 11 is 0. The molecule has 1 N–H and O–H groups in total. The van der Waals surface area contributed by atoms with E-state index in [1.54, 1.807) is 18.3 Å². The number of rotatable bonds is 6. The summed E-state index contributed by atoms with van der Waals surface area (Å²) in [5.41, 5.74) is 2.44. The second-order valence-electron chi connectivity index (χ2n) is 9.43. The Morgan fingerprint density at radius 3 is 2.51 bits per heavy atom. The van der Waals surface area contributed by atoms with Gasteiger partial charge in [0.05, 0.1) is 22.6 Å². The van der Waals surface area contributed by atoms with Crippen LogP contribution in [0.4, 0.5) is 0 Å². The van der Waals surface area contributed by atoms with E-state index in [1.807, 2.05) is 42.5 Å². The molecule has 1 aliphatic carbocycles. The van der Waals surface area contributed by atoms with Crippen molar-refractivity contribution in [2.75, 3.05) is 13.1 Å². The predicted octanol–water partition coefficient (Wildman–Crippen LogP) is 3.81. The summed E-state index contributed by atoms with van der Waals surface area (Å²) in [7, 11) is 0. The Hall–Kier alpha value is -4.02. The average molecular weight is 466 g/mol. The van der Waals surface area contributed by atoms with Gasteiger partial charge >= 0.3 is 5.97 Å². The Balaban J connectivity index is 1.22. The number of Topliss-reactive ketones (excluding diaryl/α,β-unsaturated/α-hetero) is 1. The normalized spacial score (nSPS) is 21.3. The zero-order valence-corrected chi connectivity index (χ0v) is 19.0. The fraction of sp³-hybridized carbons (Fsp3) is 0.286. The highest BCUT2D eigenvalue weighted by Gasteiger charge is 2.55. The Morgan fingerprint density at radius 1 is 1.09 bits per heavy atom. The van der Waals surface area contributed by atoms with Crippen LogP contribution < -0.4 is 10.1 Å². The Bertz CT molecular complexity index is 1360. The first-order valence-corrected chi connectivity index (χ1v) is 11.8. The second kappa shape index (κ2) is 8.03. The summed E-state index contributed by atoms with van der Waals surface area (Å²) in [5, 5.41) is 12.2. The number of fused-ring (bicyclic) bond motifs is 2. The van der Waals surface area contributed by atoms with E-state index in [4.69, 9.17) is 14.7 Å². The third kappa shape index (κ3) is 3.49. The summed E-state index contributed by atoms with van der Waals surface area (Å²) < 4.78 is 11.7. The average Bonchev–Trinajstić information content (AvgIpc) is 3.50. The SMILES string of the molecule is N#Cc1ccc(COc2ccc(C3(C(=O)c4nccc5c4C(=O)OC54CCNC4)CC3)cc2)cc1. The van der Waals surface area contributed by atoms with E-state index in [1.165, 1.54) is 0 Å². The highest BCUT2D eigenvalue weighted by molar-refractivity contribution is 6.12. The van der Waals surface area contributed by atoms with Gasteiger partial charge in [-0.15, -0.1) is 0 Å². The van der Waals surface area contributed by atoms with E-state index < -0.39 is 17.0 Å². The number of esters is 1. The standard InChI is InChI=1S/C28H23N3O4/c29-15-18-1-3-19(4-2-18)16-34-21-7-5-20(6-8-21)27(10-11-27)25(32)24-23-22(9-13-31-24)28(35-26(23)33)12-14-30-17-28/h1-9,13,30H,10-12,14,16-17H2. The van der Waals surface area contributed by atoms with Gasteiger partial charge in [0.1, 0.15) is 18.1 Å². The monoisotopic (exact) mass is 465 g/mol. The number of ketones is 1. The van der Waals surface area contributed by atoms with Crippen molar-refractivity contribution in [3.8, 4) is 11.8 Å². The maximum absolute atomic E-state index is 13.7. The maximum Gasteiger partial charge on any atom is 0.341 e. The van der Waals surface area contributed by atoms with E-state index in [-0.39, 0.29) is 11.5 Å². The second-order valence-corrected chi connectivity index (χ2v) is 9.43. The molecule has 1 spiro atoms. The molecule has 0 amide bonds. The Morgan fingerprint density at radius 2 is 1.86 bits per heavy atom. The molecule has 35 heavy (non-hydrogen) atoms. The zero-order valence-electron chi connectivity index (χ0n) is 19.0. The van der Waals surface area contributed by atoms with Crippen LogP contribution >= 0.6 is 0 Å². The van der Waals surface area contributed by atoms with Crippen molar-refractivity contribution >= 4 is 11.8 Å². The summed E-state index contributed by atoms with van der Waals surface area (Å²) in [6.45, 7) is 1.70. The van der Waals surface area contributed by atoms with Crippen LogP contribution in [0.3, 0.4) is 0 Å². The van der Waals surface area contributed by atoms with Crippen LogP contribution in [0.5, 0.6) is 5.75 Å². The Kier molecular flexibility index (Phi) is 4.94. The molecule has 3 aliphatic rings. The third-order valence-corrected chi connectivity index (χ3v) is 7.35. The van der Waals surface area contributed by atoms with E-state index in [0.29, 0.717) is 49.3 Å². The molecule has 2 aromatic carbocycles. The summed E-state index contributed by atoms with van der Waals surface area (Å²) in [4.78, 5) is 30.9. The first-order chi connectivity index (χ1) is 17.0. The molecule has 1 aromatic heterocycles. The molecule has 0 radical (unpaired) electrons. The summed E-state index contributed by atoms with van der Waals surface area (Å²) in [5.74, 6) is 0.113. The first-order valence-electron chi connectivity index (χ1n) is 11.8. The number of hydrogen-bond acceptors (Lipinski definition) is 7. The lowest BCUT2D eigenvalue weighted by molar-refractivity contribution is 0.00158. The van der Waals surface area contributed by atoms with Crippen molar-refractivity contribution in [3.05, 3.63) is 94.3 Å². The minimum absolute atomic E-state index is 0.124. The van der Waals surface area contributed by atoms with Gasteiger partial charge in [0.2, 0.25) is 0 Å². The number of pyridine rings is 1. The minimum Gasteiger partial charge on any atom is -0.489 e. The van der Waals surface area contributed by atoms with Crippen molar-refractivity contribution in [1.29, 1.82) is 5.26 Å². The molecular formula is C28H23N3O4. The van der Waals surface area contributed by atoms with Crippen molar-refractivity contribution in [1.82, 2.24) is 10.3 Å². The van der Waals surface area contributed by atoms with Crippen LogP contribution in [0.1, 0.15) is 62.4 Å². The van der Waals surface area contributed by atoms with Gasteiger partial charge in [0, 0.05) is 24.7 Å². The number of carbonyl (C=O) groups excluding carboxylic acids is 2. The zero-order chi connectivity index (χ0) is 24.0. The van der Waals surface area contributed by atoms with Gasteiger partial charge in [0.25, 0.3) is 0 Å². The van der Waals surface area contributed by atoms with E-state index in [9.17, 15) is 9.59 Å². The van der Waals surface area contributed by atoms with Gasteiger partial charge in [0.15, 0.2) is 11.4 Å². The molecule has 174 valence electrons. The predicted molar refractivity (Wildman–Crippen MR) is 126 cm³/mol. The molecule has 3 aromatic rings. The molecule has 0 bridgehead atoms. The summed E-state index contributed by atoms with van der Waals surface area (Å²) in [6, 6.07) is 18.7. The largest absolute Gasteiger partial charge is 0.489 e. The van der Waals surface area contributed by atoms with E-state index >= 15 is 0 Å². The maximum atomic E-state index is 13.7. The van der Waals surface area contributed by atoms with Gasteiger partial charge in [-0.3, -0.25) is 9.78 Å². The fourth-order valence-corrected chi connectivity index (χ4v) is 5.20. The van der Waals surface area contributed by atoms with Gasteiger partial charge < -0.3 is 14.8 Å². The van der Waals surface area contributed by atoms with Gasteiger partial charge in [-0.25, -0.2) is 4.79 Å². The van der Waals surface area contributed by atoms with Gasteiger partial charge in [-0.2, -0.15) is 5.26 Å². The van der Waals surface area contributed by atoms with Crippen LogP contribution in [-0.4, -0.2) is 29.8 Å².